The van der Waals surface area contributed by atoms with E-state index in [-0.39, 0.29) is 12.5 Å². The Kier molecular flexibility index (Phi) is 4.49. The average molecular weight is 286 g/mol. The number of hydrogen-bond acceptors (Lipinski definition) is 3. The third kappa shape index (κ3) is 3.66. The molecule has 1 rings (SSSR count). The Morgan fingerprint density at radius 1 is 1.38 bits per heavy atom. The van der Waals surface area contributed by atoms with Crippen LogP contribution in [0.4, 0.5) is 0 Å². The molecule has 5 heteroatoms. The van der Waals surface area contributed by atoms with E-state index < -0.39 is 5.97 Å². The van der Waals surface area contributed by atoms with Gasteiger partial charge >= 0.3 is 5.97 Å². The molecule has 0 saturated heterocycles. The molecule has 0 bridgehead atoms. The van der Waals surface area contributed by atoms with Gasteiger partial charge in [0.05, 0.1) is 5.56 Å². The SMILES string of the molecule is CN(C)C(=O)COC(=O)c1cccc(Br)c1. The molecule has 4 nitrogen and oxygen atoms in total. The van der Waals surface area contributed by atoms with Crippen molar-refractivity contribution in [1.29, 1.82) is 0 Å². The molecule has 0 aliphatic rings. The molecule has 0 radical (unpaired) electrons. The minimum absolute atomic E-state index is 0.238. The van der Waals surface area contributed by atoms with Gasteiger partial charge in [-0.15, -0.1) is 0 Å². The molecule has 0 atom stereocenters. The Morgan fingerprint density at radius 2 is 2.06 bits per heavy atom. The lowest BCUT2D eigenvalue weighted by Crippen LogP contribution is -2.27. The van der Waals surface area contributed by atoms with Gasteiger partial charge in [0.15, 0.2) is 6.61 Å². The molecule has 0 saturated carbocycles. The molecule has 0 aromatic heterocycles. The third-order valence-electron chi connectivity index (χ3n) is 1.89. The van der Waals surface area contributed by atoms with Crippen LogP contribution in [0.5, 0.6) is 0 Å². The van der Waals surface area contributed by atoms with Crippen molar-refractivity contribution in [2.24, 2.45) is 0 Å². The summed E-state index contributed by atoms with van der Waals surface area (Å²) in [5, 5.41) is 0. The minimum atomic E-state index is -0.503. The lowest BCUT2D eigenvalue weighted by molar-refractivity contribution is -0.131. The molecule has 0 aliphatic heterocycles. The standard InChI is InChI=1S/C11H12BrNO3/c1-13(2)10(14)7-16-11(15)8-4-3-5-9(12)6-8/h3-6H,7H2,1-2H3. The number of hydrogen-bond donors (Lipinski definition) is 0. The molecular weight excluding hydrogens is 274 g/mol. The molecule has 0 unspecified atom stereocenters. The minimum Gasteiger partial charge on any atom is -0.452 e. The van der Waals surface area contributed by atoms with E-state index in [2.05, 4.69) is 15.9 Å². The summed E-state index contributed by atoms with van der Waals surface area (Å²) in [6.07, 6.45) is 0. The number of ether oxygens (including phenoxy) is 1. The molecule has 16 heavy (non-hydrogen) atoms. The van der Waals surface area contributed by atoms with Gasteiger partial charge in [0.1, 0.15) is 0 Å². The van der Waals surface area contributed by atoms with E-state index in [4.69, 9.17) is 4.74 Å². The van der Waals surface area contributed by atoms with E-state index in [0.717, 1.165) is 4.47 Å². The number of amides is 1. The van der Waals surface area contributed by atoms with Crippen LogP contribution in [0.2, 0.25) is 0 Å². The zero-order valence-corrected chi connectivity index (χ0v) is 10.7. The molecule has 86 valence electrons. The van der Waals surface area contributed by atoms with Crippen LogP contribution in [0.3, 0.4) is 0 Å². The number of likely N-dealkylation sites (N-methyl/N-ethyl adjacent to an activating group) is 1. The fourth-order valence-electron chi connectivity index (χ4n) is 0.955. The van der Waals surface area contributed by atoms with Crippen LogP contribution < -0.4 is 0 Å². The first-order chi connectivity index (χ1) is 7.50. The summed E-state index contributed by atoms with van der Waals surface area (Å²) in [4.78, 5) is 24.1. The van der Waals surface area contributed by atoms with Crippen molar-refractivity contribution in [3.63, 3.8) is 0 Å². The van der Waals surface area contributed by atoms with Crippen molar-refractivity contribution in [2.45, 2.75) is 0 Å². The number of nitrogens with zero attached hydrogens (tertiary/aromatic N) is 1. The molecule has 0 heterocycles. The second-order valence-electron chi connectivity index (χ2n) is 3.37. The van der Waals surface area contributed by atoms with Gasteiger partial charge in [-0.2, -0.15) is 0 Å². The van der Waals surface area contributed by atoms with E-state index in [1.165, 1.54) is 4.90 Å². The molecule has 0 spiro atoms. The highest BCUT2D eigenvalue weighted by molar-refractivity contribution is 9.10. The molecular formula is C11H12BrNO3. The van der Waals surface area contributed by atoms with Crippen LogP contribution in [-0.4, -0.2) is 37.5 Å². The zero-order valence-electron chi connectivity index (χ0n) is 9.07. The van der Waals surface area contributed by atoms with Gasteiger partial charge < -0.3 is 9.64 Å². The summed E-state index contributed by atoms with van der Waals surface area (Å²) < 4.78 is 5.65. The third-order valence-corrected chi connectivity index (χ3v) is 2.38. The Labute approximate surface area is 102 Å². The summed E-state index contributed by atoms with van der Waals surface area (Å²) in [5.74, 6) is -0.750. The Balaban J connectivity index is 2.57. The fraction of sp³-hybridized carbons (Fsp3) is 0.273. The van der Waals surface area contributed by atoms with Crippen molar-refractivity contribution in [2.75, 3.05) is 20.7 Å². The average Bonchev–Trinajstić information content (AvgIpc) is 2.25. The molecule has 0 N–H and O–H groups in total. The van der Waals surface area contributed by atoms with Crippen LogP contribution >= 0.6 is 15.9 Å². The van der Waals surface area contributed by atoms with E-state index in [0.29, 0.717) is 5.56 Å². The van der Waals surface area contributed by atoms with Crippen molar-refractivity contribution in [3.05, 3.63) is 34.3 Å². The van der Waals surface area contributed by atoms with Gasteiger partial charge in [0.25, 0.3) is 5.91 Å². The lowest BCUT2D eigenvalue weighted by atomic mass is 10.2. The summed E-state index contributed by atoms with van der Waals surface area (Å²) in [7, 11) is 3.21. The summed E-state index contributed by atoms with van der Waals surface area (Å²) in [6.45, 7) is -0.238. The number of carbonyl (C=O) groups is 2. The second-order valence-corrected chi connectivity index (χ2v) is 4.29. The largest absolute Gasteiger partial charge is 0.452 e. The van der Waals surface area contributed by atoms with E-state index in [1.54, 1.807) is 32.3 Å². The molecule has 1 aromatic carbocycles. The van der Waals surface area contributed by atoms with Gasteiger partial charge in [-0.1, -0.05) is 22.0 Å². The van der Waals surface area contributed by atoms with Gasteiger partial charge in [-0.05, 0) is 18.2 Å². The number of esters is 1. The number of rotatable bonds is 3. The van der Waals surface area contributed by atoms with E-state index >= 15 is 0 Å². The Hall–Kier alpha value is -1.36. The smallest absolute Gasteiger partial charge is 0.338 e. The Bertz CT molecular complexity index is 404. The maximum absolute atomic E-state index is 11.5. The van der Waals surface area contributed by atoms with Gasteiger partial charge in [-0.25, -0.2) is 4.79 Å². The molecule has 1 amide bonds. The van der Waals surface area contributed by atoms with Crippen LogP contribution in [0, 0.1) is 0 Å². The lowest BCUT2D eigenvalue weighted by Gasteiger charge is -2.10. The predicted octanol–water partition coefficient (Wildman–Crippen LogP) is 1.69. The molecule has 0 aliphatic carbocycles. The monoisotopic (exact) mass is 285 g/mol. The number of halogens is 1. The van der Waals surface area contributed by atoms with Crippen LogP contribution in [0.25, 0.3) is 0 Å². The first kappa shape index (κ1) is 12.7. The van der Waals surface area contributed by atoms with Crippen molar-refractivity contribution < 1.29 is 14.3 Å². The van der Waals surface area contributed by atoms with E-state index in [9.17, 15) is 9.59 Å². The van der Waals surface area contributed by atoms with Gasteiger partial charge in [0.2, 0.25) is 0 Å². The number of carbonyl (C=O) groups excluding carboxylic acids is 2. The first-order valence-corrected chi connectivity index (χ1v) is 5.43. The Morgan fingerprint density at radius 3 is 2.62 bits per heavy atom. The van der Waals surface area contributed by atoms with E-state index in [1.807, 2.05) is 6.07 Å². The quantitative estimate of drug-likeness (QED) is 0.794. The normalized spacial score (nSPS) is 9.69. The van der Waals surface area contributed by atoms with Crippen LogP contribution in [0.15, 0.2) is 28.7 Å². The second kappa shape index (κ2) is 5.65. The number of benzene rings is 1. The summed E-state index contributed by atoms with van der Waals surface area (Å²) in [5.41, 5.74) is 0.418. The highest BCUT2D eigenvalue weighted by atomic mass is 79.9. The molecule has 0 fully saturated rings. The van der Waals surface area contributed by atoms with Crippen LogP contribution in [-0.2, 0) is 9.53 Å². The fourth-order valence-corrected chi connectivity index (χ4v) is 1.35. The van der Waals surface area contributed by atoms with Crippen molar-refractivity contribution in [3.8, 4) is 0 Å². The molecule has 1 aromatic rings. The summed E-state index contributed by atoms with van der Waals surface area (Å²) in [6, 6.07) is 6.81. The maximum Gasteiger partial charge on any atom is 0.338 e. The van der Waals surface area contributed by atoms with Crippen molar-refractivity contribution in [1.82, 2.24) is 4.90 Å². The highest BCUT2D eigenvalue weighted by Gasteiger charge is 2.11. The predicted molar refractivity (Wildman–Crippen MR) is 63.1 cm³/mol. The van der Waals surface area contributed by atoms with Crippen LogP contribution in [0.1, 0.15) is 10.4 Å². The highest BCUT2D eigenvalue weighted by Crippen LogP contribution is 2.12. The maximum atomic E-state index is 11.5. The van der Waals surface area contributed by atoms with Gasteiger partial charge in [-0.3, -0.25) is 4.79 Å². The zero-order chi connectivity index (χ0) is 12.1. The van der Waals surface area contributed by atoms with Gasteiger partial charge in [0, 0.05) is 18.6 Å². The summed E-state index contributed by atoms with van der Waals surface area (Å²) >= 11 is 3.25. The topological polar surface area (TPSA) is 46.6 Å². The van der Waals surface area contributed by atoms with Crippen molar-refractivity contribution >= 4 is 27.8 Å². The first-order valence-electron chi connectivity index (χ1n) is 4.63.